The normalized spacial score (nSPS) is 21.5. The van der Waals surface area contributed by atoms with E-state index in [0.29, 0.717) is 18.4 Å². The van der Waals surface area contributed by atoms with Crippen molar-refractivity contribution >= 4 is 29.1 Å². The van der Waals surface area contributed by atoms with Crippen molar-refractivity contribution in [2.45, 2.75) is 56.9 Å². The Hall–Kier alpha value is -3.63. The van der Waals surface area contributed by atoms with Crippen molar-refractivity contribution in [3.63, 3.8) is 0 Å². The second-order valence-electron chi connectivity index (χ2n) is 8.99. The number of anilines is 2. The minimum Gasteiger partial charge on any atom is -0.376 e. The van der Waals surface area contributed by atoms with Gasteiger partial charge in [-0.05, 0) is 62.9 Å². The van der Waals surface area contributed by atoms with Gasteiger partial charge in [0.1, 0.15) is 12.4 Å². The van der Waals surface area contributed by atoms with Gasteiger partial charge in [-0.3, -0.25) is 14.4 Å². The van der Waals surface area contributed by atoms with Crippen LogP contribution in [0.3, 0.4) is 0 Å². The molecule has 2 bridgehead atoms. The second-order valence-corrected chi connectivity index (χ2v) is 8.99. The number of carbonyl (C=O) groups excluding carboxylic acids is 3. The van der Waals surface area contributed by atoms with Crippen LogP contribution in [0.4, 0.5) is 24.7 Å². The van der Waals surface area contributed by atoms with Gasteiger partial charge < -0.3 is 21.3 Å². The number of nitrogens with zero attached hydrogens (tertiary/aromatic N) is 2. The number of hydrogen-bond donors (Lipinski definition) is 3. The summed E-state index contributed by atoms with van der Waals surface area (Å²) in [4.78, 5) is 42.7. The average Bonchev–Trinajstić information content (AvgIpc) is 3.07. The van der Waals surface area contributed by atoms with Crippen molar-refractivity contribution < 1.29 is 27.6 Å². The molecule has 8 nitrogen and oxygen atoms in total. The first-order chi connectivity index (χ1) is 16.5. The number of benzene rings is 1. The highest BCUT2D eigenvalue weighted by Crippen LogP contribution is 2.38. The Morgan fingerprint density at radius 3 is 2.29 bits per heavy atom. The Bertz CT molecular complexity index is 1120. The van der Waals surface area contributed by atoms with E-state index in [1.807, 2.05) is 6.07 Å². The molecule has 0 aliphatic carbocycles. The molecule has 1 aromatic heterocycles. The third-order valence-corrected chi connectivity index (χ3v) is 6.51. The minimum absolute atomic E-state index is 0.0472. The number of nitrogens with one attached hydrogen (secondary N) is 2. The van der Waals surface area contributed by atoms with E-state index < -0.39 is 24.5 Å². The number of nitrogens with two attached hydrogens (primary N) is 1. The molecular weight excluding hydrogens is 463 g/mol. The zero-order valence-electron chi connectivity index (χ0n) is 19.1. The molecule has 35 heavy (non-hydrogen) atoms. The molecule has 2 saturated heterocycles. The molecule has 2 aliphatic rings. The quantitative estimate of drug-likeness (QED) is 0.514. The van der Waals surface area contributed by atoms with Gasteiger partial charge in [-0.1, -0.05) is 0 Å². The molecule has 3 heterocycles. The zero-order chi connectivity index (χ0) is 25.3. The van der Waals surface area contributed by atoms with E-state index in [-0.39, 0.29) is 40.7 Å². The monoisotopic (exact) mass is 489 g/mol. The lowest BCUT2D eigenvalue weighted by atomic mass is 9.96. The molecule has 4 rings (SSSR count). The number of amides is 2. The molecule has 3 atom stereocenters. The first kappa shape index (κ1) is 24.5. The maximum Gasteiger partial charge on any atom is 0.405 e. The van der Waals surface area contributed by atoms with Crippen LogP contribution in [0.1, 0.15) is 63.7 Å². The Balaban J connectivity index is 1.44. The van der Waals surface area contributed by atoms with E-state index in [4.69, 9.17) is 5.73 Å². The van der Waals surface area contributed by atoms with E-state index in [0.717, 1.165) is 18.7 Å². The molecule has 0 spiro atoms. The average molecular weight is 489 g/mol. The van der Waals surface area contributed by atoms with Crippen molar-refractivity contribution in [3.8, 4) is 0 Å². The Morgan fingerprint density at radius 2 is 1.74 bits per heavy atom. The molecule has 2 fully saturated rings. The van der Waals surface area contributed by atoms with Gasteiger partial charge in [0.2, 0.25) is 0 Å². The molecule has 0 saturated carbocycles. The van der Waals surface area contributed by atoms with Gasteiger partial charge >= 0.3 is 6.18 Å². The molecule has 11 heteroatoms. The van der Waals surface area contributed by atoms with E-state index in [9.17, 15) is 27.6 Å². The van der Waals surface area contributed by atoms with Crippen LogP contribution in [0.25, 0.3) is 0 Å². The number of ketones is 1. The number of hydrogen-bond acceptors (Lipinski definition) is 6. The SMILES string of the molecule is CC(=O)c1ccc(N2[C@@H]3CC[C@H]2CC(NC(=O)c2ccc(C(N)=O)c(NCC(F)(F)F)c2)C3)nc1. The first-order valence-corrected chi connectivity index (χ1v) is 11.3. The molecule has 2 aliphatic heterocycles. The van der Waals surface area contributed by atoms with Gasteiger partial charge in [-0.2, -0.15) is 13.2 Å². The summed E-state index contributed by atoms with van der Waals surface area (Å²) in [6.07, 6.45) is 0.360. The van der Waals surface area contributed by atoms with Crippen LogP contribution >= 0.6 is 0 Å². The lowest BCUT2D eigenvalue weighted by Gasteiger charge is -2.40. The lowest BCUT2D eigenvalue weighted by Crippen LogP contribution is -2.50. The van der Waals surface area contributed by atoms with Crippen LogP contribution in [0.2, 0.25) is 0 Å². The molecule has 186 valence electrons. The predicted molar refractivity (Wildman–Crippen MR) is 124 cm³/mol. The lowest BCUT2D eigenvalue weighted by molar-refractivity contribution is -0.115. The fraction of sp³-hybridized carbons (Fsp3) is 0.417. The zero-order valence-corrected chi connectivity index (χ0v) is 19.1. The van der Waals surface area contributed by atoms with Crippen LogP contribution in [0.5, 0.6) is 0 Å². The number of carbonyl (C=O) groups is 3. The van der Waals surface area contributed by atoms with Crippen molar-refractivity contribution in [1.82, 2.24) is 10.3 Å². The maximum atomic E-state index is 12.9. The van der Waals surface area contributed by atoms with E-state index in [1.165, 1.54) is 25.1 Å². The number of alkyl halides is 3. The summed E-state index contributed by atoms with van der Waals surface area (Å²) < 4.78 is 37.9. The van der Waals surface area contributed by atoms with E-state index in [2.05, 4.69) is 20.5 Å². The molecule has 0 radical (unpaired) electrons. The summed E-state index contributed by atoms with van der Waals surface area (Å²) in [7, 11) is 0. The molecule has 2 amide bonds. The summed E-state index contributed by atoms with van der Waals surface area (Å²) in [5, 5.41) is 5.14. The molecule has 2 aromatic rings. The maximum absolute atomic E-state index is 12.9. The highest BCUT2D eigenvalue weighted by atomic mass is 19.4. The number of fused-ring (bicyclic) bond motifs is 2. The molecule has 1 aromatic carbocycles. The van der Waals surface area contributed by atoms with Crippen molar-refractivity contribution in [2.75, 3.05) is 16.8 Å². The predicted octanol–water partition coefficient (Wildman–Crippen LogP) is 3.29. The topological polar surface area (TPSA) is 117 Å². The van der Waals surface area contributed by atoms with Crippen molar-refractivity contribution in [1.29, 1.82) is 0 Å². The third-order valence-electron chi connectivity index (χ3n) is 6.51. The fourth-order valence-corrected chi connectivity index (χ4v) is 4.93. The second kappa shape index (κ2) is 9.55. The van der Waals surface area contributed by atoms with Crippen LogP contribution in [0, 0.1) is 0 Å². The number of pyridine rings is 1. The Kier molecular flexibility index (Phi) is 6.68. The molecular formula is C24H26F3N5O3. The van der Waals surface area contributed by atoms with Gasteiger partial charge in [-0.15, -0.1) is 0 Å². The van der Waals surface area contributed by atoms with Crippen LogP contribution in [0.15, 0.2) is 36.5 Å². The van der Waals surface area contributed by atoms with Gasteiger partial charge in [0.25, 0.3) is 11.8 Å². The highest BCUT2D eigenvalue weighted by molar-refractivity contribution is 6.02. The van der Waals surface area contributed by atoms with Crippen molar-refractivity contribution in [2.24, 2.45) is 5.73 Å². The first-order valence-electron chi connectivity index (χ1n) is 11.3. The summed E-state index contributed by atoms with van der Waals surface area (Å²) in [5.41, 5.74) is 5.68. The number of rotatable bonds is 7. The van der Waals surface area contributed by atoms with Crippen molar-refractivity contribution in [3.05, 3.63) is 53.2 Å². The Morgan fingerprint density at radius 1 is 1.09 bits per heavy atom. The highest BCUT2D eigenvalue weighted by Gasteiger charge is 2.41. The standard InChI is InChI=1S/C24H26F3N5O3/c1-13(33)15-3-7-21(29-11-15)32-17-4-5-18(32)10-16(9-17)31-23(35)14-2-6-19(22(28)34)20(8-14)30-12-24(25,26)27/h2-3,6-8,11,16-18,30H,4-5,9-10,12H2,1H3,(H2,28,34)(H,31,35)/t16?,17-,18+. The van der Waals surface area contributed by atoms with Gasteiger partial charge in [-0.25, -0.2) is 4.98 Å². The van der Waals surface area contributed by atoms with Gasteiger partial charge in [0.05, 0.1) is 5.56 Å². The number of halogens is 3. The van der Waals surface area contributed by atoms with Crippen LogP contribution < -0.4 is 21.3 Å². The van der Waals surface area contributed by atoms with Crippen LogP contribution in [-0.4, -0.2) is 53.4 Å². The largest absolute Gasteiger partial charge is 0.405 e. The van der Waals surface area contributed by atoms with E-state index >= 15 is 0 Å². The molecule has 1 unspecified atom stereocenters. The third kappa shape index (κ3) is 5.55. The number of aromatic nitrogens is 1. The summed E-state index contributed by atoms with van der Waals surface area (Å²) in [6.45, 7) is 0.132. The fourth-order valence-electron chi connectivity index (χ4n) is 4.93. The van der Waals surface area contributed by atoms with Gasteiger partial charge in [0, 0.05) is 41.1 Å². The number of Topliss-reactive ketones (excluding diaryl/α,β-unsaturated/α-hetero) is 1. The smallest absolute Gasteiger partial charge is 0.376 e. The Labute approximate surface area is 200 Å². The van der Waals surface area contributed by atoms with E-state index in [1.54, 1.807) is 12.3 Å². The summed E-state index contributed by atoms with van der Waals surface area (Å²) >= 11 is 0. The summed E-state index contributed by atoms with van der Waals surface area (Å²) in [6, 6.07) is 7.68. The molecule has 4 N–H and O–H groups in total. The van der Waals surface area contributed by atoms with Gasteiger partial charge in [0.15, 0.2) is 5.78 Å². The van der Waals surface area contributed by atoms with Crippen LogP contribution in [-0.2, 0) is 0 Å². The summed E-state index contributed by atoms with van der Waals surface area (Å²) in [5.74, 6) is -0.572. The number of piperidine rings is 1. The minimum atomic E-state index is -4.50. The number of primary amides is 1.